The number of nitrogens with zero attached hydrogens (tertiary/aromatic N) is 2. The van der Waals surface area contributed by atoms with Crippen LogP contribution in [-0.2, 0) is 14.8 Å². The van der Waals surface area contributed by atoms with Crippen molar-refractivity contribution in [1.29, 1.82) is 0 Å². The Hall–Kier alpha value is -2.36. The highest BCUT2D eigenvalue weighted by atomic mass is 32.2. The van der Waals surface area contributed by atoms with Crippen LogP contribution >= 0.6 is 0 Å². The molecule has 0 atom stereocenters. The Kier molecular flexibility index (Phi) is 6.40. The minimum atomic E-state index is -3.61. The number of para-hydroxylation sites is 1. The van der Waals surface area contributed by atoms with E-state index in [-0.39, 0.29) is 10.8 Å². The average molecular weight is 434 g/mol. The number of aromatic nitrogens is 1. The number of benzene rings is 1. The summed E-state index contributed by atoms with van der Waals surface area (Å²) in [5, 5.41) is 0. The maximum absolute atomic E-state index is 12.8. The number of amides is 1. The summed E-state index contributed by atoms with van der Waals surface area (Å²) in [6, 6.07) is 11.2. The highest BCUT2D eigenvalue weighted by molar-refractivity contribution is 7.89. The van der Waals surface area contributed by atoms with Crippen LogP contribution in [-0.4, -0.2) is 74.5 Å². The third kappa shape index (κ3) is 4.69. The molecule has 2 aliphatic heterocycles. The molecule has 0 aliphatic carbocycles. The van der Waals surface area contributed by atoms with Gasteiger partial charge in [-0.2, -0.15) is 4.31 Å². The number of piperidine rings is 1. The molecule has 0 saturated carbocycles. The Morgan fingerprint density at radius 3 is 2.50 bits per heavy atom. The molecular formula is C21H27N3O5S. The Morgan fingerprint density at radius 1 is 1.10 bits per heavy atom. The number of sulfonamides is 1. The number of ether oxygens (including phenoxy) is 2. The normalized spacial score (nSPS) is 19.0. The van der Waals surface area contributed by atoms with Gasteiger partial charge in [0.25, 0.3) is 5.91 Å². The number of aromatic amines is 1. The highest BCUT2D eigenvalue weighted by Gasteiger charge is 2.30. The fourth-order valence-electron chi connectivity index (χ4n) is 3.79. The number of carbonyl (C=O) groups is 1. The number of carbonyl (C=O) groups excluding carboxylic acids is 1. The molecule has 0 bridgehead atoms. The average Bonchev–Trinajstić information content (AvgIpc) is 3.30. The van der Waals surface area contributed by atoms with E-state index in [9.17, 15) is 13.2 Å². The summed E-state index contributed by atoms with van der Waals surface area (Å²) in [5.74, 6) is 1.09. The van der Waals surface area contributed by atoms with Gasteiger partial charge in [0, 0.05) is 32.4 Å². The molecule has 3 heterocycles. The second kappa shape index (κ2) is 9.20. The number of hydrogen-bond donors (Lipinski definition) is 1. The van der Waals surface area contributed by atoms with Gasteiger partial charge in [-0.15, -0.1) is 0 Å². The van der Waals surface area contributed by atoms with Gasteiger partial charge in [0.2, 0.25) is 10.0 Å². The molecule has 2 fully saturated rings. The van der Waals surface area contributed by atoms with Crippen molar-refractivity contribution in [1.82, 2.24) is 14.2 Å². The number of morpholine rings is 1. The molecule has 1 aromatic carbocycles. The predicted molar refractivity (Wildman–Crippen MR) is 111 cm³/mol. The van der Waals surface area contributed by atoms with Gasteiger partial charge in [-0.05, 0) is 37.0 Å². The van der Waals surface area contributed by atoms with E-state index in [4.69, 9.17) is 9.47 Å². The first-order chi connectivity index (χ1) is 14.5. The van der Waals surface area contributed by atoms with E-state index >= 15 is 0 Å². The minimum Gasteiger partial charge on any atom is -0.493 e. The molecule has 8 nitrogen and oxygen atoms in total. The van der Waals surface area contributed by atoms with Crippen molar-refractivity contribution in [3.8, 4) is 5.75 Å². The number of rotatable bonds is 6. The first-order valence-corrected chi connectivity index (χ1v) is 11.7. The lowest BCUT2D eigenvalue weighted by Crippen LogP contribution is -2.40. The summed E-state index contributed by atoms with van der Waals surface area (Å²) in [4.78, 5) is 17.6. The van der Waals surface area contributed by atoms with Crippen LogP contribution in [0.3, 0.4) is 0 Å². The molecular weight excluding hydrogens is 406 g/mol. The van der Waals surface area contributed by atoms with Crippen LogP contribution in [0.4, 0.5) is 0 Å². The van der Waals surface area contributed by atoms with Crippen LogP contribution in [0.15, 0.2) is 47.5 Å². The smallest absolute Gasteiger partial charge is 0.270 e. The summed E-state index contributed by atoms with van der Waals surface area (Å²) < 4.78 is 37.9. The fraction of sp³-hybridized carbons (Fsp3) is 0.476. The van der Waals surface area contributed by atoms with Crippen molar-refractivity contribution < 1.29 is 22.7 Å². The van der Waals surface area contributed by atoms with Gasteiger partial charge in [0.15, 0.2) is 0 Å². The third-order valence-electron chi connectivity index (χ3n) is 5.63. The zero-order chi connectivity index (χ0) is 21.0. The molecule has 9 heteroatoms. The minimum absolute atomic E-state index is 0.124. The summed E-state index contributed by atoms with van der Waals surface area (Å²) in [7, 11) is -3.61. The molecule has 4 rings (SSSR count). The van der Waals surface area contributed by atoms with Crippen molar-refractivity contribution in [2.75, 3.05) is 46.0 Å². The van der Waals surface area contributed by atoms with Crippen molar-refractivity contribution in [2.45, 2.75) is 17.7 Å². The molecule has 0 spiro atoms. The number of likely N-dealkylation sites (tertiary alicyclic amines) is 1. The third-order valence-corrected chi connectivity index (χ3v) is 7.50. The van der Waals surface area contributed by atoms with Crippen LogP contribution in [0.2, 0.25) is 0 Å². The maximum atomic E-state index is 12.8. The van der Waals surface area contributed by atoms with Crippen LogP contribution in [0.5, 0.6) is 5.75 Å². The SMILES string of the molecule is O=C(c1cc(S(=O)(=O)N2CCOCC2)c[nH]1)N1CCC(COc2ccccc2)CC1. The quantitative estimate of drug-likeness (QED) is 0.752. The Bertz CT molecular complexity index is 946. The first kappa shape index (κ1) is 20.9. The molecule has 2 saturated heterocycles. The van der Waals surface area contributed by atoms with Crippen molar-refractivity contribution in [3.05, 3.63) is 48.3 Å². The topological polar surface area (TPSA) is 91.9 Å². The van der Waals surface area contributed by atoms with Gasteiger partial charge in [-0.25, -0.2) is 8.42 Å². The van der Waals surface area contributed by atoms with E-state index in [1.807, 2.05) is 30.3 Å². The van der Waals surface area contributed by atoms with E-state index in [1.54, 1.807) is 4.90 Å². The molecule has 0 unspecified atom stereocenters. The molecule has 2 aliphatic rings. The second-order valence-corrected chi connectivity index (χ2v) is 9.56. The molecule has 1 aromatic heterocycles. The van der Waals surface area contributed by atoms with E-state index in [0.29, 0.717) is 57.6 Å². The molecule has 30 heavy (non-hydrogen) atoms. The number of hydrogen-bond acceptors (Lipinski definition) is 5. The second-order valence-electron chi connectivity index (χ2n) is 7.63. The number of nitrogens with one attached hydrogen (secondary N) is 1. The van der Waals surface area contributed by atoms with Crippen molar-refractivity contribution >= 4 is 15.9 Å². The lowest BCUT2D eigenvalue weighted by atomic mass is 9.97. The lowest BCUT2D eigenvalue weighted by molar-refractivity contribution is 0.0655. The van der Waals surface area contributed by atoms with E-state index < -0.39 is 10.0 Å². The zero-order valence-electron chi connectivity index (χ0n) is 16.8. The maximum Gasteiger partial charge on any atom is 0.270 e. The Labute approximate surface area is 176 Å². The summed E-state index contributed by atoms with van der Waals surface area (Å²) in [5.41, 5.74) is 0.306. The Morgan fingerprint density at radius 2 is 1.80 bits per heavy atom. The van der Waals surface area contributed by atoms with Crippen LogP contribution in [0.1, 0.15) is 23.3 Å². The fourth-order valence-corrected chi connectivity index (χ4v) is 5.19. The van der Waals surface area contributed by atoms with E-state index in [2.05, 4.69) is 4.98 Å². The van der Waals surface area contributed by atoms with Crippen molar-refractivity contribution in [2.24, 2.45) is 5.92 Å². The van der Waals surface area contributed by atoms with Gasteiger partial charge >= 0.3 is 0 Å². The van der Waals surface area contributed by atoms with E-state index in [0.717, 1.165) is 18.6 Å². The largest absolute Gasteiger partial charge is 0.493 e. The summed E-state index contributed by atoms with van der Waals surface area (Å²) in [6.45, 7) is 3.33. The summed E-state index contributed by atoms with van der Waals surface area (Å²) in [6.07, 6.45) is 3.12. The highest BCUT2D eigenvalue weighted by Crippen LogP contribution is 2.23. The van der Waals surface area contributed by atoms with Gasteiger partial charge in [-0.3, -0.25) is 4.79 Å². The van der Waals surface area contributed by atoms with Crippen molar-refractivity contribution in [3.63, 3.8) is 0 Å². The summed E-state index contributed by atoms with van der Waals surface area (Å²) >= 11 is 0. The monoisotopic (exact) mass is 433 g/mol. The van der Waals surface area contributed by atoms with Gasteiger partial charge in [0.1, 0.15) is 16.3 Å². The molecule has 1 amide bonds. The van der Waals surface area contributed by atoms with Gasteiger partial charge < -0.3 is 19.4 Å². The number of H-pyrrole nitrogens is 1. The van der Waals surface area contributed by atoms with Crippen LogP contribution < -0.4 is 4.74 Å². The standard InChI is InChI=1S/C21H27N3O5S/c25-21(20-14-19(15-22-20)30(26,27)24-10-12-28-13-11-24)23-8-6-17(7-9-23)16-29-18-4-2-1-3-5-18/h1-5,14-15,17,22H,6-13,16H2. The van der Waals surface area contributed by atoms with E-state index in [1.165, 1.54) is 16.6 Å². The molecule has 0 radical (unpaired) electrons. The molecule has 2 aromatic rings. The van der Waals surface area contributed by atoms with Crippen LogP contribution in [0, 0.1) is 5.92 Å². The lowest BCUT2D eigenvalue weighted by Gasteiger charge is -2.31. The molecule has 1 N–H and O–H groups in total. The Balaban J connectivity index is 1.31. The van der Waals surface area contributed by atoms with Gasteiger partial charge in [0.05, 0.1) is 19.8 Å². The zero-order valence-corrected chi connectivity index (χ0v) is 17.6. The van der Waals surface area contributed by atoms with Gasteiger partial charge in [-0.1, -0.05) is 18.2 Å². The van der Waals surface area contributed by atoms with Crippen LogP contribution in [0.25, 0.3) is 0 Å². The predicted octanol–water partition coefficient (Wildman–Crippen LogP) is 1.97. The first-order valence-electron chi connectivity index (χ1n) is 10.3. The molecule has 162 valence electrons.